The molecule has 1 heterocycles. The van der Waals surface area contributed by atoms with Crippen LogP contribution < -0.4 is 11.1 Å². The Morgan fingerprint density at radius 1 is 0.854 bits per heavy atom. The van der Waals surface area contributed by atoms with E-state index in [1.54, 1.807) is 60.7 Å². The summed E-state index contributed by atoms with van der Waals surface area (Å²) in [5.74, 6) is -3.18. The third kappa shape index (κ3) is 5.94. The Balaban J connectivity index is 1.69. The first-order chi connectivity index (χ1) is 19.8. The molecule has 4 aromatic rings. The van der Waals surface area contributed by atoms with Gasteiger partial charge in [-0.15, -0.1) is 0 Å². The van der Waals surface area contributed by atoms with Crippen LogP contribution in [0.25, 0.3) is 6.08 Å². The Morgan fingerprint density at radius 2 is 1.51 bits per heavy atom. The van der Waals surface area contributed by atoms with Crippen molar-refractivity contribution in [1.29, 1.82) is 0 Å². The van der Waals surface area contributed by atoms with Crippen LogP contribution in [0.2, 0.25) is 0 Å². The van der Waals surface area contributed by atoms with Crippen LogP contribution in [0.3, 0.4) is 0 Å². The summed E-state index contributed by atoms with van der Waals surface area (Å²) in [5.41, 5.74) is 9.27. The zero-order valence-corrected chi connectivity index (χ0v) is 22.5. The van der Waals surface area contributed by atoms with Gasteiger partial charge in [-0.2, -0.15) is 0 Å². The number of hydrogen-bond acceptors (Lipinski definition) is 3. The topological polar surface area (TPSA) is 92.5 Å². The molecule has 1 fully saturated rings. The van der Waals surface area contributed by atoms with E-state index in [9.17, 15) is 18.8 Å². The Hall–Kier alpha value is -5.04. The van der Waals surface area contributed by atoms with Crippen molar-refractivity contribution < 1.29 is 18.8 Å². The molecule has 7 heteroatoms. The minimum Gasteiger partial charge on any atom is -0.368 e. The lowest BCUT2D eigenvalue weighted by Crippen LogP contribution is -2.50. The van der Waals surface area contributed by atoms with Crippen LogP contribution in [0, 0.1) is 18.7 Å². The van der Waals surface area contributed by atoms with E-state index in [0.717, 1.165) is 11.1 Å². The number of nitrogens with two attached hydrogens (primary N) is 1. The molecule has 1 saturated heterocycles. The number of halogens is 1. The number of carbonyl (C=O) groups is 3. The van der Waals surface area contributed by atoms with Gasteiger partial charge in [-0.1, -0.05) is 96.6 Å². The summed E-state index contributed by atoms with van der Waals surface area (Å²) in [4.78, 5) is 42.8. The molecule has 4 aromatic carbocycles. The highest BCUT2D eigenvalue weighted by Gasteiger charge is 2.55. The largest absolute Gasteiger partial charge is 0.368 e. The first kappa shape index (κ1) is 27.5. The summed E-state index contributed by atoms with van der Waals surface area (Å²) in [6.07, 6.45) is 3.60. The number of carbonyl (C=O) groups excluding carboxylic acids is 3. The summed E-state index contributed by atoms with van der Waals surface area (Å²) in [6.45, 7) is 1.89. The molecule has 0 aromatic heterocycles. The van der Waals surface area contributed by atoms with Gasteiger partial charge in [0.05, 0.1) is 12.0 Å². The number of ketones is 1. The lowest BCUT2D eigenvalue weighted by Gasteiger charge is -2.29. The van der Waals surface area contributed by atoms with Gasteiger partial charge in [0.2, 0.25) is 5.91 Å². The number of Topliss-reactive ketones (excluding diaryl/α,β-unsaturated/α-hetero) is 1. The number of nitrogens with one attached hydrogen (secondary N) is 1. The van der Waals surface area contributed by atoms with Gasteiger partial charge in [0.1, 0.15) is 11.9 Å². The van der Waals surface area contributed by atoms with Gasteiger partial charge in [-0.25, -0.2) is 9.18 Å². The van der Waals surface area contributed by atoms with Gasteiger partial charge in [0, 0.05) is 17.2 Å². The molecule has 3 amide bonds. The monoisotopic (exact) mass is 547 g/mol. The molecule has 41 heavy (non-hydrogen) atoms. The van der Waals surface area contributed by atoms with E-state index in [0.29, 0.717) is 16.8 Å². The SMILES string of the molecule is Cc1cccc(C(=O)C2C(c3ccc(F)cc3)C(C(N)=O)N(C(=O)Nc3ccccc3)C2C=Cc2ccccc2)c1. The standard InChI is InChI=1S/C34H30FN3O3/c1-22-9-8-12-25(21-22)32(39)30-28(20-15-23-10-4-2-5-11-23)38(34(41)37-27-13-6-3-7-14-27)31(33(36)40)29(30)24-16-18-26(35)19-17-24/h2-21,28-31H,1H3,(H2,36,40)(H,37,41). The Morgan fingerprint density at radius 3 is 2.15 bits per heavy atom. The predicted octanol–water partition coefficient (Wildman–Crippen LogP) is 6.20. The third-order valence-corrected chi connectivity index (χ3v) is 7.41. The molecule has 206 valence electrons. The lowest BCUT2D eigenvalue weighted by molar-refractivity contribution is -0.122. The second-order valence-corrected chi connectivity index (χ2v) is 10.1. The van der Waals surface area contributed by atoms with Crippen LogP contribution in [-0.2, 0) is 4.79 Å². The summed E-state index contributed by atoms with van der Waals surface area (Å²) < 4.78 is 14.0. The summed E-state index contributed by atoms with van der Waals surface area (Å²) >= 11 is 0. The van der Waals surface area contributed by atoms with E-state index in [1.165, 1.54) is 17.0 Å². The zero-order valence-electron chi connectivity index (χ0n) is 22.5. The average Bonchev–Trinajstić information content (AvgIpc) is 3.32. The van der Waals surface area contributed by atoms with Gasteiger partial charge in [0.25, 0.3) is 0 Å². The maximum Gasteiger partial charge on any atom is 0.323 e. The van der Waals surface area contributed by atoms with E-state index in [2.05, 4.69) is 5.32 Å². The fraction of sp³-hybridized carbons (Fsp3) is 0.147. The molecule has 1 aliphatic rings. The van der Waals surface area contributed by atoms with Crippen molar-refractivity contribution in [2.45, 2.75) is 24.9 Å². The summed E-state index contributed by atoms with van der Waals surface area (Å²) in [7, 11) is 0. The Labute approximate surface area is 238 Å². The molecular weight excluding hydrogens is 517 g/mol. The molecule has 0 aliphatic carbocycles. The fourth-order valence-corrected chi connectivity index (χ4v) is 5.60. The number of anilines is 1. The first-order valence-electron chi connectivity index (χ1n) is 13.4. The number of benzene rings is 4. The van der Waals surface area contributed by atoms with E-state index in [4.69, 9.17) is 5.73 Å². The van der Waals surface area contributed by atoms with Crippen LogP contribution >= 0.6 is 0 Å². The molecule has 1 aliphatic heterocycles. The molecule has 0 saturated carbocycles. The highest BCUT2D eigenvalue weighted by Crippen LogP contribution is 2.45. The third-order valence-electron chi connectivity index (χ3n) is 7.41. The summed E-state index contributed by atoms with van der Waals surface area (Å²) in [6, 6.07) is 28.6. The number of urea groups is 1. The van der Waals surface area contributed by atoms with Crippen LogP contribution in [0.1, 0.15) is 33.0 Å². The van der Waals surface area contributed by atoms with E-state index in [1.807, 2.05) is 55.5 Å². The number of primary amides is 1. The Bertz CT molecular complexity index is 1570. The minimum absolute atomic E-state index is 0.244. The molecule has 6 nitrogen and oxygen atoms in total. The maximum atomic E-state index is 14.3. The molecule has 0 radical (unpaired) electrons. The van der Waals surface area contributed by atoms with Gasteiger partial charge in [-0.3, -0.25) is 9.59 Å². The molecule has 3 N–H and O–H groups in total. The predicted molar refractivity (Wildman–Crippen MR) is 158 cm³/mol. The number of hydrogen-bond donors (Lipinski definition) is 2. The van der Waals surface area contributed by atoms with E-state index >= 15 is 0 Å². The molecular formula is C34H30FN3O3. The summed E-state index contributed by atoms with van der Waals surface area (Å²) in [5, 5.41) is 2.86. The van der Waals surface area contributed by atoms with Crippen molar-refractivity contribution in [2.24, 2.45) is 11.7 Å². The van der Waals surface area contributed by atoms with Gasteiger partial charge in [-0.05, 0) is 48.4 Å². The second kappa shape index (κ2) is 12.0. The quantitative estimate of drug-likeness (QED) is 0.270. The number of amides is 3. The number of likely N-dealkylation sites (tertiary alicyclic amines) is 1. The highest BCUT2D eigenvalue weighted by atomic mass is 19.1. The maximum absolute atomic E-state index is 14.3. The average molecular weight is 548 g/mol. The highest BCUT2D eigenvalue weighted by molar-refractivity contribution is 6.03. The van der Waals surface area contributed by atoms with Crippen molar-refractivity contribution in [3.05, 3.63) is 143 Å². The van der Waals surface area contributed by atoms with Crippen LogP contribution in [0.4, 0.5) is 14.9 Å². The van der Waals surface area contributed by atoms with Crippen LogP contribution in [-0.4, -0.2) is 34.7 Å². The lowest BCUT2D eigenvalue weighted by atomic mass is 9.77. The number of nitrogens with zero attached hydrogens (tertiary/aromatic N) is 1. The molecule has 0 bridgehead atoms. The molecule has 0 spiro atoms. The van der Waals surface area contributed by atoms with Crippen molar-refractivity contribution in [1.82, 2.24) is 4.90 Å². The second-order valence-electron chi connectivity index (χ2n) is 10.1. The Kier molecular flexibility index (Phi) is 8.06. The van der Waals surface area contributed by atoms with E-state index < -0.39 is 41.7 Å². The molecule has 4 unspecified atom stereocenters. The van der Waals surface area contributed by atoms with Gasteiger partial charge < -0.3 is 16.0 Å². The number of rotatable bonds is 7. The van der Waals surface area contributed by atoms with Crippen molar-refractivity contribution in [3.63, 3.8) is 0 Å². The zero-order chi connectivity index (χ0) is 28.9. The van der Waals surface area contributed by atoms with Gasteiger partial charge >= 0.3 is 6.03 Å². The van der Waals surface area contributed by atoms with Crippen molar-refractivity contribution in [2.75, 3.05) is 5.32 Å². The van der Waals surface area contributed by atoms with Crippen molar-refractivity contribution >= 4 is 29.5 Å². The smallest absolute Gasteiger partial charge is 0.323 e. The van der Waals surface area contributed by atoms with Gasteiger partial charge in [0.15, 0.2) is 5.78 Å². The molecule has 4 atom stereocenters. The molecule has 5 rings (SSSR count). The van der Waals surface area contributed by atoms with Crippen LogP contribution in [0.5, 0.6) is 0 Å². The number of aryl methyl sites for hydroxylation is 1. The fourth-order valence-electron chi connectivity index (χ4n) is 5.60. The normalized spacial score (nSPS) is 20.2. The number of para-hydroxylation sites is 1. The first-order valence-corrected chi connectivity index (χ1v) is 13.4. The van der Waals surface area contributed by atoms with Crippen LogP contribution in [0.15, 0.2) is 115 Å². The minimum atomic E-state index is -1.19. The van der Waals surface area contributed by atoms with E-state index in [-0.39, 0.29) is 5.78 Å². The van der Waals surface area contributed by atoms with Crippen molar-refractivity contribution in [3.8, 4) is 0 Å².